The van der Waals surface area contributed by atoms with Crippen LogP contribution in [-0.4, -0.2) is 6.61 Å². The number of ether oxygens (including phenoxy) is 1. The van der Waals surface area contributed by atoms with Crippen molar-refractivity contribution < 1.29 is 4.74 Å². The van der Waals surface area contributed by atoms with Crippen LogP contribution in [-0.2, 0) is 0 Å². The molecule has 0 spiro atoms. The van der Waals surface area contributed by atoms with Gasteiger partial charge in [0.15, 0.2) is 0 Å². The molecule has 0 amide bonds. The van der Waals surface area contributed by atoms with E-state index in [0.29, 0.717) is 6.61 Å². The van der Waals surface area contributed by atoms with Crippen LogP contribution in [0.2, 0.25) is 0 Å². The molecular formula is C15H18O. The fourth-order valence-corrected chi connectivity index (χ4v) is 1.25. The third-order valence-corrected chi connectivity index (χ3v) is 2.08. The van der Waals surface area contributed by atoms with Crippen molar-refractivity contribution in [3.8, 4) is 17.6 Å². The van der Waals surface area contributed by atoms with E-state index in [1.807, 2.05) is 37.3 Å². The van der Waals surface area contributed by atoms with Crippen molar-refractivity contribution in [2.75, 3.05) is 6.61 Å². The highest BCUT2D eigenvalue weighted by Gasteiger charge is 1.87. The monoisotopic (exact) mass is 214 g/mol. The lowest BCUT2D eigenvalue weighted by Gasteiger charge is -1.99. The number of hydrogen-bond donors (Lipinski definition) is 0. The number of rotatable bonds is 5. The first kappa shape index (κ1) is 12.4. The molecule has 1 nitrogen and oxygen atoms in total. The van der Waals surface area contributed by atoms with Gasteiger partial charge in [-0.25, -0.2) is 0 Å². The quantitative estimate of drug-likeness (QED) is 0.411. The zero-order chi connectivity index (χ0) is 11.6. The average molecular weight is 214 g/mol. The molecule has 0 unspecified atom stereocenters. The molecule has 1 rings (SSSR count). The third-order valence-electron chi connectivity index (χ3n) is 2.08. The predicted octanol–water partition coefficient (Wildman–Crippen LogP) is 3.82. The number of hydrogen-bond acceptors (Lipinski definition) is 1. The van der Waals surface area contributed by atoms with Gasteiger partial charge in [-0.2, -0.15) is 0 Å². The van der Waals surface area contributed by atoms with Gasteiger partial charge in [0.1, 0.15) is 12.4 Å². The lowest BCUT2D eigenvalue weighted by molar-refractivity contribution is 0.370. The molecule has 0 aliphatic heterocycles. The van der Waals surface area contributed by atoms with Gasteiger partial charge in [0.25, 0.3) is 0 Å². The first-order chi connectivity index (χ1) is 7.79. The van der Waals surface area contributed by atoms with Crippen molar-refractivity contribution >= 4 is 0 Å². The highest BCUT2D eigenvalue weighted by atomic mass is 16.5. The van der Waals surface area contributed by atoms with E-state index in [1.165, 1.54) is 5.57 Å². The number of benzene rings is 1. The number of unbranched alkanes of at least 4 members (excludes halogenated alkanes) is 1. The Bertz CT molecular complexity index is 367. The van der Waals surface area contributed by atoms with Gasteiger partial charge >= 0.3 is 0 Å². The maximum Gasteiger partial charge on any atom is 0.149 e. The largest absolute Gasteiger partial charge is 0.481 e. The fraction of sp³-hybridized carbons (Fsp3) is 0.333. The Morgan fingerprint density at radius 3 is 2.69 bits per heavy atom. The SMILES string of the molecule is C=C(C)CCCC#CCOc1ccccc1. The van der Waals surface area contributed by atoms with Crippen LogP contribution in [0, 0.1) is 11.8 Å². The standard InChI is InChI=1S/C15H18O/c1-14(2)10-6-3-4-9-13-16-15-11-7-5-8-12-15/h5,7-8,11-12H,1,3,6,10,13H2,2H3. The molecule has 0 saturated carbocycles. The van der Waals surface area contributed by atoms with Crippen LogP contribution in [0.4, 0.5) is 0 Å². The highest BCUT2D eigenvalue weighted by molar-refractivity contribution is 5.21. The van der Waals surface area contributed by atoms with Crippen molar-refractivity contribution in [1.29, 1.82) is 0 Å². The van der Waals surface area contributed by atoms with Crippen LogP contribution in [0.5, 0.6) is 5.75 Å². The Kier molecular flexibility index (Phi) is 5.88. The summed E-state index contributed by atoms with van der Waals surface area (Å²) in [5.74, 6) is 6.97. The van der Waals surface area contributed by atoms with Gasteiger partial charge < -0.3 is 4.74 Å². The molecule has 0 aromatic heterocycles. The van der Waals surface area contributed by atoms with Crippen molar-refractivity contribution in [3.05, 3.63) is 42.5 Å². The predicted molar refractivity (Wildman–Crippen MR) is 68.4 cm³/mol. The minimum atomic E-state index is 0.469. The second-order valence-electron chi connectivity index (χ2n) is 3.77. The molecule has 1 aromatic rings. The smallest absolute Gasteiger partial charge is 0.149 e. The summed E-state index contributed by atoms with van der Waals surface area (Å²) in [7, 11) is 0. The van der Waals surface area contributed by atoms with E-state index in [-0.39, 0.29) is 0 Å². The van der Waals surface area contributed by atoms with Gasteiger partial charge in [-0.3, -0.25) is 0 Å². The molecule has 0 atom stereocenters. The van der Waals surface area contributed by atoms with Gasteiger partial charge in [-0.15, -0.1) is 6.58 Å². The summed E-state index contributed by atoms with van der Waals surface area (Å²) in [6.45, 7) is 6.37. The molecule has 0 N–H and O–H groups in total. The molecular weight excluding hydrogens is 196 g/mol. The Labute approximate surface area is 98.1 Å². The summed E-state index contributed by atoms with van der Waals surface area (Å²) in [5.41, 5.74) is 1.22. The van der Waals surface area contributed by atoms with E-state index in [4.69, 9.17) is 4.74 Å². The average Bonchev–Trinajstić information content (AvgIpc) is 2.29. The normalized spacial score (nSPS) is 9.06. The summed E-state index contributed by atoms with van der Waals surface area (Å²) >= 11 is 0. The third kappa shape index (κ3) is 5.93. The van der Waals surface area contributed by atoms with Crippen molar-refractivity contribution in [2.45, 2.75) is 26.2 Å². The lowest BCUT2D eigenvalue weighted by Crippen LogP contribution is -1.92. The molecule has 0 fully saturated rings. The van der Waals surface area contributed by atoms with E-state index < -0.39 is 0 Å². The Morgan fingerprint density at radius 1 is 1.25 bits per heavy atom. The van der Waals surface area contributed by atoms with Crippen LogP contribution in [0.25, 0.3) is 0 Å². The summed E-state index contributed by atoms with van der Waals surface area (Å²) in [6.07, 6.45) is 3.08. The Hall–Kier alpha value is -1.68. The lowest BCUT2D eigenvalue weighted by atomic mass is 10.1. The summed E-state index contributed by atoms with van der Waals surface area (Å²) < 4.78 is 5.44. The molecule has 0 radical (unpaired) electrons. The maximum atomic E-state index is 5.44. The minimum Gasteiger partial charge on any atom is -0.481 e. The molecule has 84 valence electrons. The van der Waals surface area contributed by atoms with Crippen molar-refractivity contribution in [2.24, 2.45) is 0 Å². The molecule has 0 bridgehead atoms. The first-order valence-electron chi connectivity index (χ1n) is 5.57. The van der Waals surface area contributed by atoms with Gasteiger partial charge in [-0.05, 0) is 31.9 Å². The van der Waals surface area contributed by atoms with Crippen LogP contribution in [0.15, 0.2) is 42.5 Å². The van der Waals surface area contributed by atoms with Crippen LogP contribution < -0.4 is 4.74 Å². The second-order valence-corrected chi connectivity index (χ2v) is 3.77. The maximum absolute atomic E-state index is 5.44. The van der Waals surface area contributed by atoms with Gasteiger partial charge in [0.05, 0.1) is 0 Å². The molecule has 0 heterocycles. The molecule has 0 aliphatic rings. The van der Waals surface area contributed by atoms with E-state index in [9.17, 15) is 0 Å². The van der Waals surface area contributed by atoms with Crippen molar-refractivity contribution in [1.82, 2.24) is 0 Å². The van der Waals surface area contributed by atoms with Gasteiger partial charge in [0.2, 0.25) is 0 Å². The minimum absolute atomic E-state index is 0.469. The molecule has 0 aliphatic carbocycles. The van der Waals surface area contributed by atoms with E-state index >= 15 is 0 Å². The number of para-hydroxylation sites is 1. The van der Waals surface area contributed by atoms with Crippen LogP contribution in [0.3, 0.4) is 0 Å². The zero-order valence-corrected chi connectivity index (χ0v) is 9.83. The first-order valence-corrected chi connectivity index (χ1v) is 5.57. The molecule has 1 aromatic carbocycles. The zero-order valence-electron chi connectivity index (χ0n) is 9.83. The summed E-state index contributed by atoms with van der Waals surface area (Å²) in [6, 6.07) is 9.74. The Morgan fingerprint density at radius 2 is 2.00 bits per heavy atom. The van der Waals surface area contributed by atoms with Gasteiger partial charge in [-0.1, -0.05) is 35.6 Å². The van der Waals surface area contributed by atoms with E-state index in [1.54, 1.807) is 0 Å². The molecule has 1 heteroatoms. The van der Waals surface area contributed by atoms with E-state index in [2.05, 4.69) is 18.4 Å². The topological polar surface area (TPSA) is 9.23 Å². The molecule has 0 saturated heterocycles. The summed E-state index contributed by atoms with van der Waals surface area (Å²) in [5, 5.41) is 0. The van der Waals surface area contributed by atoms with Gasteiger partial charge in [0, 0.05) is 6.42 Å². The summed E-state index contributed by atoms with van der Waals surface area (Å²) in [4.78, 5) is 0. The second kappa shape index (κ2) is 7.59. The fourth-order valence-electron chi connectivity index (χ4n) is 1.25. The van der Waals surface area contributed by atoms with Crippen LogP contribution >= 0.6 is 0 Å². The van der Waals surface area contributed by atoms with Crippen LogP contribution in [0.1, 0.15) is 26.2 Å². The highest BCUT2D eigenvalue weighted by Crippen LogP contribution is 2.07. The Balaban J connectivity index is 2.11. The van der Waals surface area contributed by atoms with Crippen molar-refractivity contribution in [3.63, 3.8) is 0 Å². The number of allylic oxidation sites excluding steroid dienone is 1. The van der Waals surface area contributed by atoms with E-state index in [0.717, 1.165) is 25.0 Å². The molecule has 16 heavy (non-hydrogen) atoms.